The summed E-state index contributed by atoms with van der Waals surface area (Å²) in [6.07, 6.45) is 2.07. The molecular weight excluding hydrogens is 234 g/mol. The smallest absolute Gasteiger partial charge is 0.254 e. The number of rotatable bonds is 2. The molecular formula is C13H15NO4. The van der Waals surface area contributed by atoms with Crippen LogP contribution in [0.3, 0.4) is 0 Å². The largest absolute Gasteiger partial charge is 0.508 e. The highest BCUT2D eigenvalue weighted by atomic mass is 16.3. The number of β-amino-alcohol motifs (C(OH)–C–C–N with tert-alkyl or cyclic N) is 1. The minimum absolute atomic E-state index is 0.142. The van der Waals surface area contributed by atoms with E-state index >= 15 is 0 Å². The van der Waals surface area contributed by atoms with Gasteiger partial charge in [-0.3, -0.25) is 4.79 Å². The standard InChI is InChI=1S/C13H15NO4/c15-10-3-8(4-11(16)5-10)12(17)14-6-13(18,7-14)9-1-2-9/h3-5,9,15-16,18H,1-2,6-7H2. The van der Waals surface area contributed by atoms with Crippen molar-refractivity contribution >= 4 is 5.91 Å². The van der Waals surface area contributed by atoms with Gasteiger partial charge in [0, 0.05) is 11.6 Å². The Kier molecular flexibility index (Phi) is 2.28. The van der Waals surface area contributed by atoms with Crippen molar-refractivity contribution in [2.24, 2.45) is 5.92 Å². The molecule has 1 aromatic carbocycles. The number of aromatic hydroxyl groups is 2. The molecule has 2 aliphatic rings. The monoisotopic (exact) mass is 249 g/mol. The maximum absolute atomic E-state index is 12.1. The molecule has 96 valence electrons. The molecule has 1 saturated carbocycles. The molecule has 5 heteroatoms. The number of benzene rings is 1. The molecule has 1 amide bonds. The van der Waals surface area contributed by atoms with Crippen LogP contribution in [-0.4, -0.2) is 44.8 Å². The van der Waals surface area contributed by atoms with Crippen LogP contribution in [-0.2, 0) is 0 Å². The zero-order chi connectivity index (χ0) is 12.9. The van der Waals surface area contributed by atoms with Crippen LogP contribution >= 0.6 is 0 Å². The van der Waals surface area contributed by atoms with Crippen molar-refractivity contribution in [1.29, 1.82) is 0 Å². The molecule has 18 heavy (non-hydrogen) atoms. The van der Waals surface area contributed by atoms with Gasteiger partial charge in [0.05, 0.1) is 13.1 Å². The lowest BCUT2D eigenvalue weighted by Crippen LogP contribution is -2.64. The van der Waals surface area contributed by atoms with Crippen LogP contribution in [0.25, 0.3) is 0 Å². The van der Waals surface area contributed by atoms with Crippen molar-refractivity contribution < 1.29 is 20.1 Å². The Hall–Kier alpha value is -1.75. The summed E-state index contributed by atoms with van der Waals surface area (Å²) in [5.41, 5.74) is -0.473. The van der Waals surface area contributed by atoms with Gasteiger partial charge in [0.15, 0.2) is 0 Å². The lowest BCUT2D eigenvalue weighted by Gasteiger charge is -2.47. The van der Waals surface area contributed by atoms with E-state index in [0.717, 1.165) is 12.8 Å². The first kappa shape index (κ1) is 11.3. The van der Waals surface area contributed by atoms with Gasteiger partial charge in [-0.1, -0.05) is 0 Å². The molecule has 0 unspecified atom stereocenters. The molecule has 0 bridgehead atoms. The number of hydrogen-bond donors (Lipinski definition) is 3. The highest BCUT2D eigenvalue weighted by molar-refractivity contribution is 5.95. The molecule has 3 N–H and O–H groups in total. The van der Waals surface area contributed by atoms with Crippen molar-refractivity contribution in [3.8, 4) is 11.5 Å². The minimum Gasteiger partial charge on any atom is -0.508 e. The molecule has 0 radical (unpaired) electrons. The van der Waals surface area contributed by atoms with Gasteiger partial charge in [-0.15, -0.1) is 0 Å². The maximum Gasteiger partial charge on any atom is 0.254 e. The number of phenols is 2. The fourth-order valence-corrected chi connectivity index (χ4v) is 2.54. The average Bonchev–Trinajstić information content (AvgIpc) is 3.06. The normalized spacial score (nSPS) is 21.5. The first-order chi connectivity index (χ1) is 8.48. The Morgan fingerprint density at radius 2 is 1.72 bits per heavy atom. The Bertz CT molecular complexity index is 483. The van der Waals surface area contributed by atoms with Crippen LogP contribution in [0, 0.1) is 5.92 Å². The number of likely N-dealkylation sites (tertiary alicyclic amines) is 1. The Labute approximate surface area is 104 Å². The molecule has 1 heterocycles. The molecule has 2 fully saturated rings. The first-order valence-electron chi connectivity index (χ1n) is 6.03. The second-order valence-corrected chi connectivity index (χ2v) is 5.28. The lowest BCUT2D eigenvalue weighted by molar-refractivity contribution is -0.0958. The van der Waals surface area contributed by atoms with Crippen LogP contribution in [0.4, 0.5) is 0 Å². The average molecular weight is 249 g/mol. The number of nitrogens with zero attached hydrogens (tertiary/aromatic N) is 1. The zero-order valence-electron chi connectivity index (χ0n) is 9.83. The Morgan fingerprint density at radius 1 is 1.17 bits per heavy atom. The molecule has 1 saturated heterocycles. The number of hydrogen-bond acceptors (Lipinski definition) is 4. The van der Waals surface area contributed by atoms with E-state index in [2.05, 4.69) is 0 Å². The van der Waals surface area contributed by atoms with Gasteiger partial charge >= 0.3 is 0 Å². The van der Waals surface area contributed by atoms with Crippen LogP contribution in [0.2, 0.25) is 0 Å². The molecule has 0 spiro atoms. The van der Waals surface area contributed by atoms with E-state index in [1.807, 2.05) is 0 Å². The second kappa shape index (κ2) is 3.62. The van der Waals surface area contributed by atoms with E-state index in [9.17, 15) is 20.1 Å². The summed E-state index contributed by atoms with van der Waals surface area (Å²) < 4.78 is 0. The molecule has 0 aromatic heterocycles. The molecule has 3 rings (SSSR count). The number of aliphatic hydroxyl groups is 1. The summed E-state index contributed by atoms with van der Waals surface area (Å²) in [7, 11) is 0. The molecule has 1 aliphatic heterocycles. The maximum atomic E-state index is 12.1. The molecule has 0 atom stereocenters. The number of amides is 1. The van der Waals surface area contributed by atoms with Crippen LogP contribution in [0.5, 0.6) is 11.5 Å². The molecule has 1 aliphatic carbocycles. The quantitative estimate of drug-likeness (QED) is 0.720. The summed E-state index contributed by atoms with van der Waals surface area (Å²) in [6.45, 7) is 0.680. The summed E-state index contributed by atoms with van der Waals surface area (Å²) >= 11 is 0. The number of carbonyl (C=O) groups is 1. The third-order valence-electron chi connectivity index (χ3n) is 3.70. The van der Waals surface area contributed by atoms with Gasteiger partial charge in [0.2, 0.25) is 0 Å². The van der Waals surface area contributed by atoms with E-state index < -0.39 is 5.60 Å². The summed E-state index contributed by atoms with van der Waals surface area (Å²) in [6, 6.07) is 3.81. The number of carbonyl (C=O) groups excluding carboxylic acids is 1. The fourth-order valence-electron chi connectivity index (χ4n) is 2.54. The van der Waals surface area contributed by atoms with E-state index in [4.69, 9.17) is 0 Å². The number of phenolic OH excluding ortho intramolecular Hbond substituents is 2. The van der Waals surface area contributed by atoms with E-state index in [0.29, 0.717) is 19.0 Å². The van der Waals surface area contributed by atoms with E-state index in [1.54, 1.807) is 0 Å². The highest BCUT2D eigenvalue weighted by Crippen LogP contribution is 2.44. The Morgan fingerprint density at radius 3 is 2.22 bits per heavy atom. The van der Waals surface area contributed by atoms with E-state index in [-0.39, 0.29) is 23.0 Å². The topological polar surface area (TPSA) is 81.0 Å². The van der Waals surface area contributed by atoms with Gasteiger partial charge in [0.25, 0.3) is 5.91 Å². The summed E-state index contributed by atoms with van der Waals surface area (Å²) in [5, 5.41) is 28.8. The Balaban J connectivity index is 1.72. The van der Waals surface area contributed by atoms with Crippen molar-refractivity contribution in [2.75, 3.05) is 13.1 Å². The SMILES string of the molecule is O=C(c1cc(O)cc(O)c1)N1CC(O)(C2CC2)C1. The zero-order valence-corrected chi connectivity index (χ0v) is 9.83. The molecule has 1 aromatic rings. The second-order valence-electron chi connectivity index (χ2n) is 5.28. The van der Waals surface area contributed by atoms with Gasteiger partial charge in [-0.25, -0.2) is 0 Å². The van der Waals surface area contributed by atoms with E-state index in [1.165, 1.54) is 23.1 Å². The highest BCUT2D eigenvalue weighted by Gasteiger charge is 2.53. The van der Waals surface area contributed by atoms with Crippen molar-refractivity contribution in [1.82, 2.24) is 4.90 Å². The van der Waals surface area contributed by atoms with Gasteiger partial charge < -0.3 is 20.2 Å². The predicted molar refractivity (Wildman–Crippen MR) is 63.3 cm³/mol. The summed E-state index contributed by atoms with van der Waals surface area (Å²) in [5.74, 6) is -0.224. The van der Waals surface area contributed by atoms with Crippen LogP contribution in [0.1, 0.15) is 23.2 Å². The first-order valence-corrected chi connectivity index (χ1v) is 6.03. The van der Waals surface area contributed by atoms with Crippen molar-refractivity contribution in [2.45, 2.75) is 18.4 Å². The van der Waals surface area contributed by atoms with Gasteiger partial charge in [-0.2, -0.15) is 0 Å². The lowest BCUT2D eigenvalue weighted by atomic mass is 9.88. The van der Waals surface area contributed by atoms with Gasteiger partial charge in [-0.05, 0) is 30.9 Å². The third-order valence-corrected chi connectivity index (χ3v) is 3.70. The fraction of sp³-hybridized carbons (Fsp3) is 0.462. The van der Waals surface area contributed by atoms with Crippen LogP contribution in [0.15, 0.2) is 18.2 Å². The van der Waals surface area contributed by atoms with Crippen molar-refractivity contribution in [3.05, 3.63) is 23.8 Å². The molecule has 5 nitrogen and oxygen atoms in total. The third kappa shape index (κ3) is 1.80. The summed E-state index contributed by atoms with van der Waals surface area (Å²) in [4.78, 5) is 13.6. The minimum atomic E-state index is -0.714. The van der Waals surface area contributed by atoms with Crippen LogP contribution < -0.4 is 0 Å². The van der Waals surface area contributed by atoms with Crippen molar-refractivity contribution in [3.63, 3.8) is 0 Å². The predicted octanol–water partition coefficient (Wildman–Crippen LogP) is 0.695. The van der Waals surface area contributed by atoms with Gasteiger partial charge in [0.1, 0.15) is 17.1 Å².